The van der Waals surface area contributed by atoms with Crippen LogP contribution in [0.5, 0.6) is 0 Å². The van der Waals surface area contributed by atoms with E-state index in [-0.39, 0.29) is 9.68 Å². The molecular formula is C11H27NSi2. The molecule has 1 nitrogen and oxygen atoms in total. The van der Waals surface area contributed by atoms with Crippen molar-refractivity contribution < 1.29 is 0 Å². The van der Waals surface area contributed by atoms with Gasteiger partial charge in [0, 0.05) is 16.3 Å². The van der Waals surface area contributed by atoms with Crippen molar-refractivity contribution in [2.24, 2.45) is 0 Å². The van der Waals surface area contributed by atoms with Gasteiger partial charge in [-0.1, -0.05) is 38.3 Å². The molecule has 0 aromatic rings. The van der Waals surface area contributed by atoms with E-state index in [2.05, 4.69) is 11.5 Å². The Balaban J connectivity index is 2.30. The molecule has 0 atom stereocenters. The van der Waals surface area contributed by atoms with Crippen molar-refractivity contribution in [2.75, 3.05) is 6.54 Å². The first-order chi connectivity index (χ1) is 6.88. The third-order valence-corrected chi connectivity index (χ3v) is 7.95. The van der Waals surface area contributed by atoms with Crippen LogP contribution in [0, 0.1) is 0 Å². The summed E-state index contributed by atoms with van der Waals surface area (Å²) in [7, 11) is 1.56. The predicted octanol–water partition coefficient (Wildman–Crippen LogP) is 1.32. The zero-order valence-electron chi connectivity index (χ0n) is 10.1. The maximum absolute atomic E-state index is 2.91. The Morgan fingerprint density at radius 1 is 1.29 bits per heavy atom. The maximum Gasteiger partial charge on any atom is 0.0950 e. The first-order valence-electron chi connectivity index (χ1n) is 6.62. The molecule has 0 radical (unpaired) electrons. The Morgan fingerprint density at radius 3 is 2.57 bits per heavy atom. The largest absolute Gasteiger partial charge is 0.326 e. The normalized spacial score (nSPS) is 20.1. The van der Waals surface area contributed by atoms with E-state index in [1.165, 1.54) is 55.3 Å². The number of rotatable bonds is 6. The van der Waals surface area contributed by atoms with E-state index in [4.69, 9.17) is 0 Å². The quantitative estimate of drug-likeness (QED) is 0.621. The van der Waals surface area contributed by atoms with Crippen LogP contribution in [-0.4, -0.2) is 37.1 Å². The average molecular weight is 230 g/mol. The van der Waals surface area contributed by atoms with Crippen molar-refractivity contribution >= 4 is 19.9 Å². The van der Waals surface area contributed by atoms with E-state index in [1.54, 1.807) is 12.1 Å². The molecule has 1 fully saturated rings. The second-order valence-electron chi connectivity index (χ2n) is 4.68. The van der Waals surface area contributed by atoms with Crippen LogP contribution < -0.4 is 0 Å². The van der Waals surface area contributed by atoms with Gasteiger partial charge in [0.25, 0.3) is 0 Å². The van der Waals surface area contributed by atoms with Crippen LogP contribution in [0.1, 0.15) is 45.4 Å². The highest BCUT2D eigenvalue weighted by Crippen LogP contribution is 2.22. The van der Waals surface area contributed by atoms with Crippen molar-refractivity contribution in [1.82, 2.24) is 4.57 Å². The molecule has 0 bridgehead atoms. The van der Waals surface area contributed by atoms with Gasteiger partial charge in [0.15, 0.2) is 0 Å². The van der Waals surface area contributed by atoms with E-state index in [0.717, 1.165) is 6.04 Å². The van der Waals surface area contributed by atoms with Crippen molar-refractivity contribution in [3.05, 3.63) is 0 Å². The molecule has 0 spiro atoms. The number of hydrogen-bond donors (Lipinski definition) is 0. The Kier molecular flexibility index (Phi) is 6.81. The van der Waals surface area contributed by atoms with Crippen LogP contribution in [0.25, 0.3) is 0 Å². The minimum Gasteiger partial charge on any atom is -0.326 e. The highest BCUT2D eigenvalue weighted by atomic mass is 28.2. The van der Waals surface area contributed by atoms with Gasteiger partial charge in [0.1, 0.15) is 0 Å². The minimum absolute atomic E-state index is 0.137. The summed E-state index contributed by atoms with van der Waals surface area (Å²) >= 11 is 0. The molecule has 0 unspecified atom stereocenters. The maximum atomic E-state index is 2.91. The highest BCUT2D eigenvalue weighted by Gasteiger charge is 2.19. The van der Waals surface area contributed by atoms with E-state index >= 15 is 0 Å². The Hall–Kier alpha value is 0.394. The van der Waals surface area contributed by atoms with Gasteiger partial charge >= 0.3 is 0 Å². The van der Waals surface area contributed by atoms with Crippen LogP contribution in [0.4, 0.5) is 0 Å². The second kappa shape index (κ2) is 7.66. The van der Waals surface area contributed by atoms with Crippen molar-refractivity contribution in [3.63, 3.8) is 0 Å². The van der Waals surface area contributed by atoms with Crippen LogP contribution in [0.3, 0.4) is 0 Å². The Bertz CT molecular complexity index is 135. The van der Waals surface area contributed by atoms with E-state index in [9.17, 15) is 0 Å². The fourth-order valence-corrected chi connectivity index (χ4v) is 5.51. The predicted molar refractivity (Wildman–Crippen MR) is 72.0 cm³/mol. The Morgan fingerprint density at radius 2 is 2.00 bits per heavy atom. The van der Waals surface area contributed by atoms with Gasteiger partial charge in [-0.2, -0.15) is 0 Å². The first-order valence-corrected chi connectivity index (χ1v) is 9.67. The standard InChI is InChI=1S/C11H27NSi2/c1-2-8-12(14-10-9-13)11-6-4-3-5-7-11/h11H,2-10,14H2,1,13H3. The van der Waals surface area contributed by atoms with Gasteiger partial charge in [-0.05, 0) is 25.8 Å². The van der Waals surface area contributed by atoms with Crippen LogP contribution >= 0.6 is 0 Å². The number of nitrogens with zero attached hydrogens (tertiary/aromatic N) is 1. The summed E-state index contributed by atoms with van der Waals surface area (Å²) in [5.41, 5.74) is 0. The fourth-order valence-electron chi connectivity index (χ4n) is 2.57. The zero-order chi connectivity index (χ0) is 10.2. The summed E-state index contributed by atoms with van der Waals surface area (Å²) in [6.45, 7) is 3.74. The summed E-state index contributed by atoms with van der Waals surface area (Å²) in [6.07, 6.45) is 8.88. The smallest absolute Gasteiger partial charge is 0.0950 e. The third-order valence-electron chi connectivity index (χ3n) is 3.40. The van der Waals surface area contributed by atoms with Crippen molar-refractivity contribution in [2.45, 2.75) is 63.6 Å². The SMILES string of the molecule is CCCN([SiH2]CC[SiH3])C1CCCCC1. The van der Waals surface area contributed by atoms with Gasteiger partial charge in [-0.25, -0.2) is 0 Å². The molecule has 0 aliphatic heterocycles. The zero-order valence-corrected chi connectivity index (χ0v) is 13.5. The summed E-state index contributed by atoms with van der Waals surface area (Å²) in [4.78, 5) is 0. The van der Waals surface area contributed by atoms with Gasteiger partial charge < -0.3 is 4.57 Å². The lowest BCUT2D eigenvalue weighted by Gasteiger charge is -2.34. The molecule has 3 heteroatoms. The molecule has 1 rings (SSSR count). The molecule has 0 aromatic heterocycles. The van der Waals surface area contributed by atoms with Gasteiger partial charge in [-0.15, -0.1) is 0 Å². The van der Waals surface area contributed by atoms with Crippen molar-refractivity contribution in [3.8, 4) is 0 Å². The molecule has 0 amide bonds. The molecule has 14 heavy (non-hydrogen) atoms. The van der Waals surface area contributed by atoms with E-state index < -0.39 is 0 Å². The minimum atomic E-state index is 0.137. The van der Waals surface area contributed by atoms with Crippen LogP contribution in [0.15, 0.2) is 0 Å². The molecule has 84 valence electrons. The summed E-state index contributed by atoms with van der Waals surface area (Å²) in [6, 6.07) is 4.13. The first kappa shape index (κ1) is 12.5. The van der Waals surface area contributed by atoms with E-state index in [0.29, 0.717) is 0 Å². The topological polar surface area (TPSA) is 3.24 Å². The average Bonchev–Trinajstić information content (AvgIpc) is 2.25. The molecular weight excluding hydrogens is 202 g/mol. The van der Waals surface area contributed by atoms with Crippen LogP contribution in [0.2, 0.25) is 12.1 Å². The molecule has 0 heterocycles. The summed E-state index contributed by atoms with van der Waals surface area (Å²) in [5, 5.41) is 0. The van der Waals surface area contributed by atoms with Gasteiger partial charge in [0.05, 0.1) is 9.68 Å². The summed E-state index contributed by atoms with van der Waals surface area (Å²) < 4.78 is 2.91. The molecule has 0 aromatic carbocycles. The molecule has 1 aliphatic rings. The van der Waals surface area contributed by atoms with Gasteiger partial charge in [0.2, 0.25) is 0 Å². The lowest BCUT2D eigenvalue weighted by molar-refractivity contribution is 0.257. The molecule has 1 saturated carbocycles. The molecule has 0 saturated heterocycles. The van der Waals surface area contributed by atoms with Crippen molar-refractivity contribution in [1.29, 1.82) is 0 Å². The summed E-state index contributed by atoms with van der Waals surface area (Å²) in [5.74, 6) is 0. The second-order valence-corrected chi connectivity index (χ2v) is 7.65. The highest BCUT2D eigenvalue weighted by molar-refractivity contribution is 6.34. The molecule has 0 N–H and O–H groups in total. The van der Waals surface area contributed by atoms with Crippen LogP contribution in [-0.2, 0) is 0 Å². The Labute approximate surface area is 95.0 Å². The monoisotopic (exact) mass is 229 g/mol. The third kappa shape index (κ3) is 4.28. The lowest BCUT2D eigenvalue weighted by Crippen LogP contribution is -2.39. The number of hydrogen-bond acceptors (Lipinski definition) is 1. The van der Waals surface area contributed by atoms with E-state index in [1.807, 2.05) is 0 Å². The molecule has 1 aliphatic carbocycles. The lowest BCUT2D eigenvalue weighted by atomic mass is 9.95. The van der Waals surface area contributed by atoms with Gasteiger partial charge in [-0.3, -0.25) is 0 Å². The fraction of sp³-hybridized carbons (Fsp3) is 1.00.